The molecular formula is C24H24N4O3S. The molecule has 0 radical (unpaired) electrons. The van der Waals surface area contributed by atoms with Crippen LogP contribution in [-0.4, -0.2) is 33.5 Å². The van der Waals surface area contributed by atoms with Crippen molar-refractivity contribution in [3.63, 3.8) is 0 Å². The summed E-state index contributed by atoms with van der Waals surface area (Å²) in [7, 11) is 1.59. The smallest absolute Gasteiger partial charge is 0.234 e. The van der Waals surface area contributed by atoms with Crippen LogP contribution in [0.15, 0.2) is 76.5 Å². The van der Waals surface area contributed by atoms with E-state index in [0.717, 1.165) is 16.9 Å². The fourth-order valence-corrected chi connectivity index (χ4v) is 4.25. The van der Waals surface area contributed by atoms with Crippen molar-refractivity contribution in [2.45, 2.75) is 25.0 Å². The summed E-state index contributed by atoms with van der Waals surface area (Å²) in [6.07, 6.45) is 1.64. The second-order valence-electron chi connectivity index (χ2n) is 7.22. The summed E-state index contributed by atoms with van der Waals surface area (Å²) < 4.78 is 12.8. The van der Waals surface area contributed by atoms with Gasteiger partial charge in [-0.05, 0) is 37.6 Å². The Morgan fingerprint density at radius 2 is 1.97 bits per heavy atom. The number of nitrogens with one attached hydrogen (secondary N) is 1. The third-order valence-corrected chi connectivity index (χ3v) is 6.06. The van der Waals surface area contributed by atoms with Crippen molar-refractivity contribution >= 4 is 23.4 Å². The van der Waals surface area contributed by atoms with Crippen molar-refractivity contribution in [2.75, 3.05) is 18.2 Å². The van der Waals surface area contributed by atoms with E-state index in [1.165, 1.54) is 11.8 Å². The highest BCUT2D eigenvalue weighted by Crippen LogP contribution is 2.32. The van der Waals surface area contributed by atoms with Crippen LogP contribution in [0.25, 0.3) is 11.4 Å². The van der Waals surface area contributed by atoms with Gasteiger partial charge in [-0.15, -0.1) is 10.2 Å². The lowest BCUT2D eigenvalue weighted by Crippen LogP contribution is -2.15. The van der Waals surface area contributed by atoms with Crippen molar-refractivity contribution < 1.29 is 13.9 Å². The quantitative estimate of drug-likeness (QED) is 0.373. The van der Waals surface area contributed by atoms with E-state index in [2.05, 4.69) is 39.1 Å². The zero-order chi connectivity index (χ0) is 22.5. The summed E-state index contributed by atoms with van der Waals surface area (Å²) in [5.74, 6) is 2.23. The SMILES string of the molecule is COc1cccc(NC(=O)CSc2nnc(-c3ccoc3C)n2[C@H](C)c2ccccc2)c1. The highest BCUT2D eigenvalue weighted by atomic mass is 32.2. The Kier molecular flexibility index (Phi) is 6.61. The number of nitrogens with zero attached hydrogens (tertiary/aromatic N) is 3. The zero-order valence-electron chi connectivity index (χ0n) is 18.1. The van der Waals surface area contributed by atoms with Crippen LogP contribution in [0, 0.1) is 6.92 Å². The van der Waals surface area contributed by atoms with Crippen molar-refractivity contribution in [2.24, 2.45) is 0 Å². The number of thioether (sulfide) groups is 1. The average Bonchev–Trinajstić information content (AvgIpc) is 3.43. The third-order valence-electron chi connectivity index (χ3n) is 5.12. The maximum atomic E-state index is 12.6. The van der Waals surface area contributed by atoms with Gasteiger partial charge in [0, 0.05) is 11.8 Å². The van der Waals surface area contributed by atoms with Crippen molar-refractivity contribution in [3.05, 3.63) is 78.3 Å². The molecule has 1 atom stereocenters. The number of ether oxygens (including phenoxy) is 1. The lowest BCUT2D eigenvalue weighted by Gasteiger charge is -2.18. The number of carbonyl (C=O) groups is 1. The van der Waals surface area contributed by atoms with E-state index in [0.29, 0.717) is 22.4 Å². The molecule has 1 N–H and O–H groups in total. The summed E-state index contributed by atoms with van der Waals surface area (Å²) in [6.45, 7) is 3.99. The molecule has 1 amide bonds. The molecule has 0 bridgehead atoms. The van der Waals surface area contributed by atoms with Gasteiger partial charge in [-0.2, -0.15) is 0 Å². The first-order valence-corrected chi connectivity index (χ1v) is 11.2. The van der Waals surface area contributed by atoms with Crippen LogP contribution in [0.5, 0.6) is 5.75 Å². The standard InChI is InChI=1S/C24H24N4O3S/c1-16(18-8-5-4-6-9-18)28-23(21-12-13-31-17(21)2)26-27-24(28)32-15-22(29)25-19-10-7-11-20(14-19)30-3/h4-14,16H,15H2,1-3H3,(H,25,29)/t16-/m1/s1. The number of anilines is 1. The molecule has 2 heterocycles. The number of benzene rings is 2. The van der Waals surface area contributed by atoms with E-state index in [9.17, 15) is 4.79 Å². The lowest BCUT2D eigenvalue weighted by atomic mass is 10.1. The number of methoxy groups -OCH3 is 1. The first-order valence-electron chi connectivity index (χ1n) is 10.2. The third kappa shape index (κ3) is 4.70. The van der Waals surface area contributed by atoms with Gasteiger partial charge in [-0.3, -0.25) is 9.36 Å². The molecule has 0 aliphatic heterocycles. The van der Waals surface area contributed by atoms with Gasteiger partial charge in [0.05, 0.1) is 30.7 Å². The minimum Gasteiger partial charge on any atom is -0.497 e. The number of hydrogen-bond acceptors (Lipinski definition) is 6. The van der Waals surface area contributed by atoms with E-state index in [-0.39, 0.29) is 17.7 Å². The largest absolute Gasteiger partial charge is 0.497 e. The molecule has 4 aromatic rings. The molecule has 0 aliphatic carbocycles. The molecular weight excluding hydrogens is 424 g/mol. The Morgan fingerprint density at radius 1 is 1.16 bits per heavy atom. The number of aromatic nitrogens is 3. The van der Waals surface area contributed by atoms with Gasteiger partial charge in [0.25, 0.3) is 0 Å². The van der Waals surface area contributed by atoms with E-state index >= 15 is 0 Å². The summed E-state index contributed by atoms with van der Waals surface area (Å²) >= 11 is 1.35. The maximum absolute atomic E-state index is 12.6. The van der Waals surface area contributed by atoms with E-state index in [1.54, 1.807) is 19.4 Å². The van der Waals surface area contributed by atoms with Gasteiger partial charge in [0.1, 0.15) is 11.5 Å². The minimum absolute atomic E-state index is 0.0283. The zero-order valence-corrected chi connectivity index (χ0v) is 18.9. The molecule has 0 saturated heterocycles. The van der Waals surface area contributed by atoms with Crippen LogP contribution in [-0.2, 0) is 4.79 Å². The maximum Gasteiger partial charge on any atom is 0.234 e. The van der Waals surface area contributed by atoms with Gasteiger partial charge in [-0.1, -0.05) is 48.2 Å². The van der Waals surface area contributed by atoms with Gasteiger partial charge < -0.3 is 14.5 Å². The average molecular weight is 449 g/mol. The van der Waals surface area contributed by atoms with Crippen LogP contribution >= 0.6 is 11.8 Å². The van der Waals surface area contributed by atoms with E-state index in [1.807, 2.05) is 49.4 Å². The van der Waals surface area contributed by atoms with Crippen LogP contribution in [0.4, 0.5) is 5.69 Å². The molecule has 0 fully saturated rings. The number of carbonyl (C=O) groups excluding carboxylic acids is 1. The Labute approximate surface area is 190 Å². The molecule has 0 unspecified atom stereocenters. The fraction of sp³-hybridized carbons (Fsp3) is 0.208. The molecule has 0 spiro atoms. The van der Waals surface area contributed by atoms with Gasteiger partial charge in [0.2, 0.25) is 5.91 Å². The number of hydrogen-bond donors (Lipinski definition) is 1. The second-order valence-corrected chi connectivity index (χ2v) is 8.16. The monoisotopic (exact) mass is 448 g/mol. The first-order chi connectivity index (χ1) is 15.6. The predicted octanol–water partition coefficient (Wildman–Crippen LogP) is 5.20. The summed E-state index contributed by atoms with van der Waals surface area (Å²) in [6, 6.07) is 19.3. The molecule has 0 saturated carbocycles. The molecule has 4 rings (SSSR count). The lowest BCUT2D eigenvalue weighted by molar-refractivity contribution is -0.113. The Morgan fingerprint density at radius 3 is 2.69 bits per heavy atom. The van der Waals surface area contributed by atoms with Crippen LogP contribution in [0.2, 0.25) is 0 Å². The number of furan rings is 1. The molecule has 2 aromatic carbocycles. The summed E-state index contributed by atoms with van der Waals surface area (Å²) in [5.41, 5.74) is 2.69. The predicted molar refractivity (Wildman–Crippen MR) is 125 cm³/mol. The Hall–Kier alpha value is -3.52. The van der Waals surface area contributed by atoms with Crippen LogP contribution in [0.3, 0.4) is 0 Å². The van der Waals surface area contributed by atoms with Crippen molar-refractivity contribution in [3.8, 4) is 17.1 Å². The normalized spacial score (nSPS) is 11.8. The number of aryl methyl sites for hydroxylation is 1. The van der Waals surface area contributed by atoms with Gasteiger partial charge in [0.15, 0.2) is 11.0 Å². The van der Waals surface area contributed by atoms with Crippen molar-refractivity contribution in [1.82, 2.24) is 14.8 Å². The molecule has 8 heteroatoms. The molecule has 2 aromatic heterocycles. The molecule has 0 aliphatic rings. The van der Waals surface area contributed by atoms with Crippen LogP contribution in [0.1, 0.15) is 24.3 Å². The minimum atomic E-state index is -0.133. The summed E-state index contributed by atoms with van der Waals surface area (Å²) in [4.78, 5) is 12.6. The topological polar surface area (TPSA) is 82.2 Å². The van der Waals surface area contributed by atoms with Gasteiger partial charge >= 0.3 is 0 Å². The summed E-state index contributed by atoms with van der Waals surface area (Å²) in [5, 5.41) is 12.4. The second kappa shape index (κ2) is 9.74. The Bertz CT molecular complexity index is 1200. The number of amides is 1. The van der Waals surface area contributed by atoms with Crippen LogP contribution < -0.4 is 10.1 Å². The molecule has 164 valence electrons. The molecule has 32 heavy (non-hydrogen) atoms. The van der Waals surface area contributed by atoms with Crippen molar-refractivity contribution in [1.29, 1.82) is 0 Å². The molecule has 7 nitrogen and oxygen atoms in total. The van der Waals surface area contributed by atoms with E-state index in [4.69, 9.17) is 9.15 Å². The highest BCUT2D eigenvalue weighted by molar-refractivity contribution is 7.99. The first kappa shape index (κ1) is 21.7. The number of rotatable bonds is 8. The highest BCUT2D eigenvalue weighted by Gasteiger charge is 2.23. The van der Waals surface area contributed by atoms with Gasteiger partial charge in [-0.25, -0.2) is 0 Å². The van der Waals surface area contributed by atoms with E-state index < -0.39 is 0 Å². The fourth-order valence-electron chi connectivity index (χ4n) is 3.43. The Balaban J connectivity index is 1.57.